The van der Waals surface area contributed by atoms with Crippen molar-refractivity contribution in [2.24, 2.45) is 0 Å². The van der Waals surface area contributed by atoms with Gasteiger partial charge in [0, 0.05) is 0 Å². The predicted molar refractivity (Wildman–Crippen MR) is 90.6 cm³/mol. The molecule has 0 saturated heterocycles. The summed E-state index contributed by atoms with van der Waals surface area (Å²) in [6.45, 7) is 6.53. The lowest BCUT2D eigenvalue weighted by Crippen LogP contribution is -2.26. The summed E-state index contributed by atoms with van der Waals surface area (Å²) in [5, 5.41) is 0. The number of carbonyl (C=O) groups is 2. The number of Topliss-reactive ketones (excluding diaryl/α,β-unsaturated/α-hetero) is 1. The van der Waals surface area contributed by atoms with Gasteiger partial charge in [-0.05, 0) is 51.5 Å². The number of methoxy groups -OCH3 is 3. The SMILES string of the molecule is COc1cc(/C=C(/C(C)=O)C(=O)OC(C)(C)C)cc(OC)c1OC. The van der Waals surface area contributed by atoms with E-state index in [1.165, 1.54) is 34.3 Å². The molecule has 0 aliphatic rings. The van der Waals surface area contributed by atoms with Crippen molar-refractivity contribution in [2.45, 2.75) is 33.3 Å². The second kappa shape index (κ2) is 7.86. The van der Waals surface area contributed by atoms with Gasteiger partial charge >= 0.3 is 5.97 Å². The van der Waals surface area contributed by atoms with Crippen molar-refractivity contribution in [3.8, 4) is 17.2 Å². The molecule has 0 saturated carbocycles. The fourth-order valence-corrected chi connectivity index (χ4v) is 1.99. The minimum absolute atomic E-state index is 0.0563. The molecule has 0 heterocycles. The zero-order valence-electron chi connectivity index (χ0n) is 15.2. The summed E-state index contributed by atoms with van der Waals surface area (Å²) in [5.41, 5.74) is -0.194. The van der Waals surface area contributed by atoms with Crippen LogP contribution in [0.25, 0.3) is 6.08 Å². The summed E-state index contributed by atoms with van der Waals surface area (Å²) in [6.07, 6.45) is 1.45. The largest absolute Gasteiger partial charge is 0.493 e. The third-order valence-electron chi connectivity index (χ3n) is 3.00. The van der Waals surface area contributed by atoms with Crippen molar-refractivity contribution in [3.05, 3.63) is 23.3 Å². The van der Waals surface area contributed by atoms with Crippen LogP contribution in [0.4, 0.5) is 0 Å². The normalized spacial score (nSPS) is 11.7. The summed E-state index contributed by atoms with van der Waals surface area (Å²) in [5.74, 6) is 0.214. The number of hydrogen-bond donors (Lipinski definition) is 0. The van der Waals surface area contributed by atoms with E-state index in [1.54, 1.807) is 32.9 Å². The Morgan fingerprint density at radius 1 is 0.958 bits per heavy atom. The van der Waals surface area contributed by atoms with Crippen LogP contribution in [0.2, 0.25) is 0 Å². The van der Waals surface area contributed by atoms with Crippen molar-refractivity contribution in [2.75, 3.05) is 21.3 Å². The fourth-order valence-electron chi connectivity index (χ4n) is 1.99. The Hall–Kier alpha value is -2.50. The standard InChI is InChI=1S/C18H24O6/c1-11(19)13(17(20)24-18(2,3)4)8-12-9-14(21-5)16(23-7)15(10-12)22-6/h8-10H,1-7H3/b13-8-. The molecule has 1 rings (SSSR count). The van der Waals surface area contributed by atoms with Crippen LogP contribution in [0.15, 0.2) is 17.7 Å². The molecule has 132 valence electrons. The minimum Gasteiger partial charge on any atom is -0.493 e. The lowest BCUT2D eigenvalue weighted by Gasteiger charge is -2.20. The first-order valence-electron chi connectivity index (χ1n) is 7.39. The predicted octanol–water partition coefficient (Wildman–Crippen LogP) is 3.03. The maximum absolute atomic E-state index is 12.2. The van der Waals surface area contributed by atoms with E-state index in [0.29, 0.717) is 22.8 Å². The van der Waals surface area contributed by atoms with Crippen LogP contribution < -0.4 is 14.2 Å². The van der Waals surface area contributed by atoms with Gasteiger partial charge < -0.3 is 18.9 Å². The second-order valence-electron chi connectivity index (χ2n) is 6.07. The van der Waals surface area contributed by atoms with Gasteiger partial charge in [0.15, 0.2) is 17.3 Å². The van der Waals surface area contributed by atoms with Gasteiger partial charge in [0.25, 0.3) is 0 Å². The molecule has 0 amide bonds. The maximum Gasteiger partial charge on any atom is 0.342 e. The molecule has 0 aliphatic carbocycles. The van der Waals surface area contributed by atoms with Crippen LogP contribution in [0, 0.1) is 0 Å². The van der Waals surface area contributed by atoms with Crippen LogP contribution in [-0.4, -0.2) is 38.7 Å². The molecular weight excluding hydrogens is 312 g/mol. The van der Waals surface area contributed by atoms with E-state index in [4.69, 9.17) is 18.9 Å². The van der Waals surface area contributed by atoms with Crippen LogP contribution in [0.1, 0.15) is 33.3 Å². The van der Waals surface area contributed by atoms with E-state index in [2.05, 4.69) is 0 Å². The van der Waals surface area contributed by atoms with Crippen molar-refractivity contribution in [1.29, 1.82) is 0 Å². The molecule has 0 atom stereocenters. The topological polar surface area (TPSA) is 71.1 Å². The number of ether oxygens (including phenoxy) is 4. The Kier molecular flexibility index (Phi) is 6.40. The van der Waals surface area contributed by atoms with E-state index in [0.717, 1.165) is 0 Å². The van der Waals surface area contributed by atoms with E-state index >= 15 is 0 Å². The van der Waals surface area contributed by atoms with Crippen molar-refractivity contribution >= 4 is 17.8 Å². The smallest absolute Gasteiger partial charge is 0.342 e. The summed E-state index contributed by atoms with van der Waals surface area (Å²) in [7, 11) is 4.48. The minimum atomic E-state index is -0.694. The van der Waals surface area contributed by atoms with Gasteiger partial charge in [0.05, 0.1) is 21.3 Å². The molecule has 1 aromatic carbocycles. The molecule has 1 aromatic rings. The monoisotopic (exact) mass is 336 g/mol. The van der Waals surface area contributed by atoms with Crippen LogP contribution in [-0.2, 0) is 14.3 Å². The second-order valence-corrected chi connectivity index (χ2v) is 6.07. The number of esters is 1. The highest BCUT2D eigenvalue weighted by atomic mass is 16.6. The van der Waals surface area contributed by atoms with Gasteiger partial charge in [-0.2, -0.15) is 0 Å². The van der Waals surface area contributed by atoms with Gasteiger partial charge in [-0.15, -0.1) is 0 Å². The zero-order valence-corrected chi connectivity index (χ0v) is 15.2. The summed E-state index contributed by atoms with van der Waals surface area (Å²) in [4.78, 5) is 24.1. The lowest BCUT2D eigenvalue weighted by atomic mass is 10.1. The lowest BCUT2D eigenvalue weighted by molar-refractivity contribution is -0.150. The molecule has 0 aromatic heterocycles. The number of rotatable bonds is 6. The summed E-state index contributed by atoms with van der Waals surface area (Å²) >= 11 is 0. The molecule has 0 aliphatic heterocycles. The summed E-state index contributed by atoms with van der Waals surface area (Å²) in [6, 6.07) is 3.29. The number of carbonyl (C=O) groups excluding carboxylic acids is 2. The fraction of sp³-hybridized carbons (Fsp3) is 0.444. The van der Waals surface area contributed by atoms with Crippen molar-refractivity contribution in [3.63, 3.8) is 0 Å². The van der Waals surface area contributed by atoms with Gasteiger partial charge in [-0.1, -0.05) is 0 Å². The van der Waals surface area contributed by atoms with Crippen molar-refractivity contribution in [1.82, 2.24) is 0 Å². The van der Waals surface area contributed by atoms with Crippen LogP contribution in [0.3, 0.4) is 0 Å². The Morgan fingerprint density at radius 3 is 1.79 bits per heavy atom. The molecule has 0 spiro atoms. The zero-order chi connectivity index (χ0) is 18.5. The van der Waals surface area contributed by atoms with E-state index < -0.39 is 17.4 Å². The molecule has 0 radical (unpaired) electrons. The Balaban J connectivity index is 3.38. The first-order valence-corrected chi connectivity index (χ1v) is 7.39. The molecule has 0 N–H and O–H groups in total. The molecular formula is C18H24O6. The number of ketones is 1. The van der Waals surface area contributed by atoms with Crippen molar-refractivity contribution < 1.29 is 28.5 Å². The highest BCUT2D eigenvalue weighted by molar-refractivity contribution is 6.19. The van der Waals surface area contributed by atoms with Crippen LogP contribution >= 0.6 is 0 Å². The summed E-state index contributed by atoms with van der Waals surface area (Å²) < 4.78 is 21.1. The number of benzene rings is 1. The first-order chi connectivity index (χ1) is 11.1. The highest BCUT2D eigenvalue weighted by Crippen LogP contribution is 2.38. The third kappa shape index (κ3) is 5.01. The van der Waals surface area contributed by atoms with Gasteiger partial charge in [-0.3, -0.25) is 4.79 Å². The maximum atomic E-state index is 12.2. The molecule has 6 heteroatoms. The molecule has 24 heavy (non-hydrogen) atoms. The van der Waals surface area contributed by atoms with Gasteiger partial charge in [0.1, 0.15) is 11.2 Å². The molecule has 6 nitrogen and oxygen atoms in total. The Morgan fingerprint density at radius 2 is 1.46 bits per heavy atom. The average Bonchev–Trinajstić information content (AvgIpc) is 2.49. The Bertz CT molecular complexity index is 627. The molecule has 0 bridgehead atoms. The van der Waals surface area contributed by atoms with E-state index in [-0.39, 0.29) is 5.57 Å². The highest BCUT2D eigenvalue weighted by Gasteiger charge is 2.23. The molecule has 0 fully saturated rings. The first kappa shape index (κ1) is 19.5. The van der Waals surface area contributed by atoms with E-state index in [1.807, 2.05) is 0 Å². The van der Waals surface area contributed by atoms with Gasteiger partial charge in [0.2, 0.25) is 5.75 Å². The third-order valence-corrected chi connectivity index (χ3v) is 3.00. The molecule has 0 unspecified atom stereocenters. The average molecular weight is 336 g/mol. The van der Waals surface area contributed by atoms with Gasteiger partial charge in [-0.25, -0.2) is 4.79 Å². The number of hydrogen-bond acceptors (Lipinski definition) is 6. The van der Waals surface area contributed by atoms with E-state index in [9.17, 15) is 9.59 Å². The van der Waals surface area contributed by atoms with Crippen LogP contribution in [0.5, 0.6) is 17.2 Å². The quantitative estimate of drug-likeness (QED) is 0.344. The Labute approximate surface area is 142 Å².